The molecule has 1 aliphatic rings. The van der Waals surface area contributed by atoms with Crippen molar-refractivity contribution < 1.29 is 9.59 Å². The number of nitrogens with zero attached hydrogens (tertiary/aromatic N) is 2. The van der Waals surface area contributed by atoms with Crippen LogP contribution in [0.15, 0.2) is 60.8 Å². The summed E-state index contributed by atoms with van der Waals surface area (Å²) in [6.07, 6.45) is 1.57. The van der Waals surface area contributed by atoms with Gasteiger partial charge in [-0.2, -0.15) is 0 Å². The summed E-state index contributed by atoms with van der Waals surface area (Å²) in [7, 11) is 0. The average Bonchev–Trinajstić information content (AvgIpc) is 3.06. The summed E-state index contributed by atoms with van der Waals surface area (Å²) in [5.41, 5.74) is 4.81. The molecule has 0 aliphatic carbocycles. The summed E-state index contributed by atoms with van der Waals surface area (Å²) in [5, 5.41) is 3.58. The minimum Gasteiger partial charge on any atom is -0.348 e. The van der Waals surface area contributed by atoms with Gasteiger partial charge < -0.3 is 10.2 Å². The van der Waals surface area contributed by atoms with Crippen molar-refractivity contribution >= 4 is 23.4 Å². The molecular weight excluding hydrogens is 422 g/mol. The van der Waals surface area contributed by atoms with Gasteiger partial charge in [-0.3, -0.25) is 14.6 Å². The molecule has 2 aromatic carbocycles. The highest BCUT2D eigenvalue weighted by Gasteiger charge is 2.40. The van der Waals surface area contributed by atoms with Crippen molar-refractivity contribution in [2.75, 3.05) is 0 Å². The van der Waals surface area contributed by atoms with E-state index in [2.05, 4.69) is 24.1 Å². The van der Waals surface area contributed by atoms with Gasteiger partial charge in [0.2, 0.25) is 0 Å². The smallest absolute Gasteiger partial charge is 0.256 e. The molecule has 4 rings (SSSR count). The van der Waals surface area contributed by atoms with Crippen LogP contribution in [0, 0.1) is 12.8 Å². The van der Waals surface area contributed by atoms with Gasteiger partial charge in [-0.25, -0.2) is 0 Å². The fourth-order valence-electron chi connectivity index (χ4n) is 4.06. The summed E-state index contributed by atoms with van der Waals surface area (Å²) >= 11 is 6.00. The van der Waals surface area contributed by atoms with Crippen LogP contribution in [-0.2, 0) is 13.1 Å². The molecule has 1 aliphatic heterocycles. The number of pyridine rings is 1. The van der Waals surface area contributed by atoms with Gasteiger partial charge in [0.15, 0.2) is 0 Å². The van der Waals surface area contributed by atoms with E-state index in [0.29, 0.717) is 29.2 Å². The van der Waals surface area contributed by atoms with Gasteiger partial charge in [0, 0.05) is 24.3 Å². The lowest BCUT2D eigenvalue weighted by Gasteiger charge is -2.27. The number of halogens is 1. The maximum absolute atomic E-state index is 13.3. The molecule has 0 radical (unpaired) electrons. The van der Waals surface area contributed by atoms with Crippen molar-refractivity contribution in [2.45, 2.75) is 39.9 Å². The van der Waals surface area contributed by atoms with Gasteiger partial charge >= 0.3 is 0 Å². The molecule has 3 aromatic rings. The van der Waals surface area contributed by atoms with Crippen molar-refractivity contribution in [1.29, 1.82) is 0 Å². The molecule has 32 heavy (non-hydrogen) atoms. The highest BCUT2D eigenvalue weighted by molar-refractivity contribution is 6.30. The van der Waals surface area contributed by atoms with Crippen LogP contribution < -0.4 is 5.32 Å². The predicted octanol–water partition coefficient (Wildman–Crippen LogP) is 5.33. The minimum atomic E-state index is -0.245. The molecule has 0 bridgehead atoms. The Morgan fingerprint density at radius 1 is 1.09 bits per heavy atom. The molecule has 0 spiro atoms. The Morgan fingerprint density at radius 3 is 2.41 bits per heavy atom. The molecule has 0 saturated heterocycles. The summed E-state index contributed by atoms with van der Waals surface area (Å²) in [6, 6.07) is 17.0. The van der Waals surface area contributed by atoms with Crippen LogP contribution in [0.3, 0.4) is 0 Å². The molecule has 1 aromatic heterocycles. The SMILES string of the molecule is Cc1ccc(CNC(=O)c2cnc3c(c2)C(=O)N(Cc2ccc(Cl)cc2)[C@H]3C(C)C)cc1. The topological polar surface area (TPSA) is 62.3 Å². The summed E-state index contributed by atoms with van der Waals surface area (Å²) in [4.78, 5) is 32.4. The number of nitrogens with one attached hydrogen (secondary N) is 1. The standard InChI is InChI=1S/C26H26ClN3O2/c1-16(2)24-23-22(26(32)30(24)15-19-8-10-21(27)11-9-19)12-20(14-28-23)25(31)29-13-18-6-4-17(3)5-7-18/h4-12,14,16,24H,13,15H2,1-3H3,(H,29,31)/t24-/m0/s1. The predicted molar refractivity (Wildman–Crippen MR) is 125 cm³/mol. The molecule has 6 heteroatoms. The first-order valence-corrected chi connectivity index (χ1v) is 11.1. The second kappa shape index (κ2) is 9.13. The van der Waals surface area contributed by atoms with Gasteiger partial charge in [0.05, 0.1) is 22.9 Å². The zero-order valence-electron chi connectivity index (χ0n) is 18.4. The summed E-state index contributed by atoms with van der Waals surface area (Å²) in [5.74, 6) is -0.165. The van der Waals surface area contributed by atoms with Crippen LogP contribution in [0.25, 0.3) is 0 Å². The van der Waals surface area contributed by atoms with Crippen LogP contribution in [0.2, 0.25) is 5.02 Å². The lowest BCUT2D eigenvalue weighted by Crippen LogP contribution is -2.30. The van der Waals surface area contributed by atoms with E-state index in [1.54, 1.807) is 12.3 Å². The average molecular weight is 448 g/mol. The van der Waals surface area contributed by atoms with Crippen LogP contribution >= 0.6 is 11.6 Å². The third-order valence-electron chi connectivity index (χ3n) is 5.76. The summed E-state index contributed by atoms with van der Waals surface area (Å²) in [6.45, 7) is 7.05. The fourth-order valence-corrected chi connectivity index (χ4v) is 4.18. The van der Waals surface area contributed by atoms with Gasteiger partial charge in [0.25, 0.3) is 11.8 Å². The number of fused-ring (bicyclic) bond motifs is 1. The van der Waals surface area contributed by atoms with Crippen LogP contribution in [0.1, 0.15) is 63.0 Å². The summed E-state index contributed by atoms with van der Waals surface area (Å²) < 4.78 is 0. The lowest BCUT2D eigenvalue weighted by atomic mass is 9.99. The molecule has 2 heterocycles. The molecule has 164 valence electrons. The van der Waals surface area contributed by atoms with E-state index in [1.165, 1.54) is 5.56 Å². The van der Waals surface area contributed by atoms with Crippen molar-refractivity contribution in [3.05, 3.63) is 99.3 Å². The zero-order valence-corrected chi connectivity index (χ0v) is 19.2. The Labute approximate surface area is 193 Å². The molecule has 5 nitrogen and oxygen atoms in total. The number of aromatic nitrogens is 1. The largest absolute Gasteiger partial charge is 0.348 e. The second-order valence-electron chi connectivity index (χ2n) is 8.57. The molecule has 1 N–H and O–H groups in total. The number of amides is 2. The molecule has 0 unspecified atom stereocenters. The maximum atomic E-state index is 13.3. The number of carbonyl (C=O) groups excluding carboxylic acids is 2. The van der Waals surface area contributed by atoms with E-state index in [1.807, 2.05) is 60.4 Å². The van der Waals surface area contributed by atoms with E-state index in [4.69, 9.17) is 11.6 Å². The first-order chi connectivity index (χ1) is 15.3. The monoisotopic (exact) mass is 447 g/mol. The van der Waals surface area contributed by atoms with E-state index in [9.17, 15) is 9.59 Å². The van der Waals surface area contributed by atoms with Gasteiger partial charge in [-0.05, 0) is 42.2 Å². The molecule has 0 saturated carbocycles. The van der Waals surface area contributed by atoms with Crippen molar-refractivity contribution in [3.8, 4) is 0 Å². The number of rotatable bonds is 6. The normalized spacial score (nSPS) is 15.2. The number of carbonyl (C=O) groups is 2. The zero-order chi connectivity index (χ0) is 22.8. The number of hydrogen-bond acceptors (Lipinski definition) is 3. The van der Waals surface area contributed by atoms with E-state index >= 15 is 0 Å². The van der Waals surface area contributed by atoms with Crippen LogP contribution in [-0.4, -0.2) is 21.7 Å². The van der Waals surface area contributed by atoms with Crippen molar-refractivity contribution in [2.24, 2.45) is 5.92 Å². The molecule has 0 fully saturated rings. The highest BCUT2D eigenvalue weighted by atomic mass is 35.5. The van der Waals surface area contributed by atoms with Gasteiger partial charge in [-0.1, -0.05) is 67.4 Å². The molecule has 1 atom stereocenters. The van der Waals surface area contributed by atoms with Crippen LogP contribution in [0.4, 0.5) is 0 Å². The third kappa shape index (κ3) is 4.53. The van der Waals surface area contributed by atoms with E-state index < -0.39 is 0 Å². The Morgan fingerprint density at radius 2 is 1.75 bits per heavy atom. The maximum Gasteiger partial charge on any atom is 0.256 e. The number of aryl methyl sites for hydroxylation is 1. The van der Waals surface area contributed by atoms with Crippen LogP contribution in [0.5, 0.6) is 0 Å². The minimum absolute atomic E-state index is 0.102. The lowest BCUT2D eigenvalue weighted by molar-refractivity contribution is 0.0662. The van der Waals surface area contributed by atoms with E-state index in [0.717, 1.165) is 16.8 Å². The molecule has 2 amide bonds. The first kappa shape index (κ1) is 22.0. The van der Waals surface area contributed by atoms with Gasteiger partial charge in [0.1, 0.15) is 0 Å². The Hall–Kier alpha value is -3.18. The Kier molecular flexibility index (Phi) is 6.28. The van der Waals surface area contributed by atoms with E-state index in [-0.39, 0.29) is 23.8 Å². The fraction of sp³-hybridized carbons (Fsp3) is 0.269. The van der Waals surface area contributed by atoms with Gasteiger partial charge in [-0.15, -0.1) is 0 Å². The third-order valence-corrected chi connectivity index (χ3v) is 6.01. The second-order valence-corrected chi connectivity index (χ2v) is 9.01. The van der Waals surface area contributed by atoms with Crippen molar-refractivity contribution in [3.63, 3.8) is 0 Å². The molecular formula is C26H26ClN3O2. The first-order valence-electron chi connectivity index (χ1n) is 10.7. The quantitative estimate of drug-likeness (QED) is 0.555. The number of hydrogen-bond donors (Lipinski definition) is 1. The Balaban J connectivity index is 1.54. The highest BCUT2D eigenvalue weighted by Crippen LogP contribution is 2.38. The van der Waals surface area contributed by atoms with Crippen molar-refractivity contribution in [1.82, 2.24) is 15.2 Å². The Bertz CT molecular complexity index is 1140. The number of benzene rings is 2.